The largest absolute Gasteiger partial charge is 0.379 e. The lowest BCUT2D eigenvalue weighted by Gasteiger charge is -2.28. The number of H-pyrrole nitrogens is 2. The fourth-order valence-corrected chi connectivity index (χ4v) is 6.02. The fraction of sp³-hybridized carbons (Fsp3) is 0.296. The number of aromatic nitrogens is 5. The number of hydrogen-bond donors (Lipinski definition) is 3. The molecule has 1 saturated heterocycles. The lowest BCUT2D eigenvalue weighted by atomic mass is 9.99. The zero-order valence-electron chi connectivity index (χ0n) is 21.5. The molecular formula is C27H29N7O4S. The summed E-state index contributed by atoms with van der Waals surface area (Å²) in [5.74, 6) is 0.121. The number of fused-ring (bicyclic) bond motifs is 1. The Kier molecular flexibility index (Phi) is 6.67. The molecule has 2 aliphatic rings. The molecule has 0 spiro atoms. The van der Waals surface area contributed by atoms with E-state index in [-0.39, 0.29) is 10.5 Å². The van der Waals surface area contributed by atoms with Gasteiger partial charge in [0.05, 0.1) is 41.3 Å². The Morgan fingerprint density at radius 3 is 2.72 bits per heavy atom. The van der Waals surface area contributed by atoms with E-state index in [0.717, 1.165) is 66.6 Å². The van der Waals surface area contributed by atoms with Crippen molar-refractivity contribution in [2.75, 3.05) is 38.2 Å². The summed E-state index contributed by atoms with van der Waals surface area (Å²) in [7, 11) is -3.81. The molecule has 202 valence electrons. The second-order valence-electron chi connectivity index (χ2n) is 9.80. The predicted molar refractivity (Wildman–Crippen MR) is 146 cm³/mol. The number of amides is 1. The molecule has 3 aromatic heterocycles. The monoisotopic (exact) mass is 547 g/mol. The van der Waals surface area contributed by atoms with Crippen LogP contribution in [0.15, 0.2) is 59.4 Å². The number of nitrogens with zero attached hydrogens (tertiary/aromatic N) is 4. The summed E-state index contributed by atoms with van der Waals surface area (Å²) in [6, 6.07) is 8.03. The van der Waals surface area contributed by atoms with E-state index in [1.807, 2.05) is 6.92 Å². The van der Waals surface area contributed by atoms with Crippen molar-refractivity contribution in [2.24, 2.45) is 0 Å². The van der Waals surface area contributed by atoms with Crippen LogP contribution in [0.1, 0.15) is 33.7 Å². The zero-order chi connectivity index (χ0) is 27.0. The summed E-state index contributed by atoms with van der Waals surface area (Å²) in [5, 5.41) is 9.84. The number of anilines is 1. The Morgan fingerprint density at radius 2 is 1.92 bits per heavy atom. The van der Waals surface area contributed by atoms with Crippen LogP contribution in [0.5, 0.6) is 0 Å². The molecule has 1 amide bonds. The smallest absolute Gasteiger partial charge is 0.267 e. The Morgan fingerprint density at radius 1 is 1.13 bits per heavy atom. The number of hydrogen-bond acceptors (Lipinski definition) is 7. The number of ether oxygens (including phenoxy) is 1. The summed E-state index contributed by atoms with van der Waals surface area (Å²) in [5.41, 5.74) is 5.42. The van der Waals surface area contributed by atoms with Gasteiger partial charge in [0.15, 0.2) is 5.82 Å². The molecule has 6 rings (SSSR count). The van der Waals surface area contributed by atoms with Crippen LogP contribution in [0.25, 0.3) is 17.6 Å². The third-order valence-electron chi connectivity index (χ3n) is 7.03. The number of rotatable bonds is 7. The maximum Gasteiger partial charge on any atom is 0.267 e. The van der Waals surface area contributed by atoms with E-state index in [1.54, 1.807) is 24.3 Å². The van der Waals surface area contributed by atoms with Crippen molar-refractivity contribution in [3.63, 3.8) is 0 Å². The van der Waals surface area contributed by atoms with Crippen LogP contribution < -0.4 is 5.32 Å². The molecule has 0 atom stereocenters. The number of aromatic amines is 2. The number of carbonyl (C=O) groups excluding carboxylic acids is 1. The third kappa shape index (κ3) is 5.18. The van der Waals surface area contributed by atoms with Crippen molar-refractivity contribution in [3.8, 4) is 11.5 Å². The molecule has 4 heterocycles. The van der Waals surface area contributed by atoms with Crippen LogP contribution in [0.2, 0.25) is 0 Å². The number of morpholine rings is 1. The third-order valence-corrected chi connectivity index (χ3v) is 8.68. The Labute approximate surface area is 226 Å². The standard InChI is InChI=1S/C27H29N7O4S/c1-18-2-5-21(6-3-18)39(36,37)34-9-8-20(17-34)27(35)31-24-15-28-32-25(24)26-29-22-7-4-19(14-23(22)30-26)16-33-10-12-38-13-11-33/h2-3,5-6,8-9,14-15,17H,4,7,10-13,16H2,1H3,(H,28,32)(H,29,30)(H,31,35). The molecule has 1 aliphatic heterocycles. The molecule has 39 heavy (non-hydrogen) atoms. The highest BCUT2D eigenvalue weighted by Gasteiger charge is 2.22. The molecule has 1 fully saturated rings. The summed E-state index contributed by atoms with van der Waals surface area (Å²) in [6.07, 6.45) is 8.13. The number of nitrogens with one attached hydrogen (secondary N) is 3. The second-order valence-corrected chi connectivity index (χ2v) is 11.6. The van der Waals surface area contributed by atoms with Crippen molar-refractivity contribution in [1.29, 1.82) is 0 Å². The molecule has 0 bridgehead atoms. The number of aryl methyl sites for hydroxylation is 2. The van der Waals surface area contributed by atoms with Gasteiger partial charge in [-0.25, -0.2) is 17.4 Å². The van der Waals surface area contributed by atoms with Crippen LogP contribution in [0.3, 0.4) is 0 Å². The van der Waals surface area contributed by atoms with Crippen molar-refractivity contribution in [1.82, 2.24) is 29.0 Å². The summed E-state index contributed by atoms with van der Waals surface area (Å²) < 4.78 is 32.4. The van der Waals surface area contributed by atoms with Crippen LogP contribution in [-0.2, 0) is 21.2 Å². The number of imidazole rings is 1. The minimum Gasteiger partial charge on any atom is -0.379 e. The van der Waals surface area contributed by atoms with Gasteiger partial charge >= 0.3 is 0 Å². The Balaban J connectivity index is 1.17. The first-order chi connectivity index (χ1) is 18.9. The zero-order valence-corrected chi connectivity index (χ0v) is 22.3. The normalized spacial score (nSPS) is 16.1. The van der Waals surface area contributed by atoms with Crippen molar-refractivity contribution < 1.29 is 17.9 Å². The summed E-state index contributed by atoms with van der Waals surface area (Å²) in [4.78, 5) is 23.7. The maximum atomic E-state index is 13.0. The molecule has 1 aliphatic carbocycles. The molecule has 12 heteroatoms. The van der Waals surface area contributed by atoms with Gasteiger partial charge in [0.25, 0.3) is 15.9 Å². The van der Waals surface area contributed by atoms with E-state index in [4.69, 9.17) is 9.72 Å². The highest BCUT2D eigenvalue weighted by molar-refractivity contribution is 7.90. The van der Waals surface area contributed by atoms with Gasteiger partial charge in [0.2, 0.25) is 0 Å². The lowest BCUT2D eigenvalue weighted by molar-refractivity contribution is 0.0420. The van der Waals surface area contributed by atoms with E-state index in [2.05, 4.69) is 31.5 Å². The van der Waals surface area contributed by atoms with Gasteiger partial charge in [-0.1, -0.05) is 23.3 Å². The first kappa shape index (κ1) is 25.3. The van der Waals surface area contributed by atoms with E-state index in [9.17, 15) is 13.2 Å². The van der Waals surface area contributed by atoms with E-state index < -0.39 is 15.9 Å². The highest BCUT2D eigenvalue weighted by atomic mass is 32.2. The van der Waals surface area contributed by atoms with E-state index >= 15 is 0 Å². The predicted octanol–water partition coefficient (Wildman–Crippen LogP) is 3.06. The van der Waals surface area contributed by atoms with Gasteiger partial charge < -0.3 is 15.0 Å². The summed E-state index contributed by atoms with van der Waals surface area (Å²) >= 11 is 0. The van der Waals surface area contributed by atoms with Crippen LogP contribution in [-0.4, -0.2) is 76.2 Å². The van der Waals surface area contributed by atoms with E-state index in [1.165, 1.54) is 30.2 Å². The molecule has 4 aromatic rings. The first-order valence-corrected chi connectivity index (χ1v) is 14.2. The maximum absolute atomic E-state index is 13.0. The molecular weight excluding hydrogens is 518 g/mol. The van der Waals surface area contributed by atoms with Crippen molar-refractivity contribution >= 4 is 27.7 Å². The van der Waals surface area contributed by atoms with Crippen LogP contribution in [0.4, 0.5) is 5.69 Å². The minimum atomic E-state index is -3.81. The van der Waals surface area contributed by atoms with Crippen LogP contribution in [0, 0.1) is 6.92 Å². The van der Waals surface area contributed by atoms with Gasteiger partial charge in [-0.3, -0.25) is 14.8 Å². The second kappa shape index (κ2) is 10.3. The minimum absolute atomic E-state index is 0.150. The topological polar surface area (TPSA) is 138 Å². The first-order valence-electron chi connectivity index (χ1n) is 12.8. The molecule has 11 nitrogen and oxygen atoms in total. The average molecular weight is 548 g/mol. The SMILES string of the molecule is Cc1ccc(S(=O)(=O)n2ccc(C(=O)Nc3cn[nH]c3-c3nc4c([nH]3)CCC(CN3CCOCC3)=C4)c2)cc1. The van der Waals surface area contributed by atoms with Gasteiger partial charge in [-0.05, 0) is 44.0 Å². The van der Waals surface area contributed by atoms with E-state index in [0.29, 0.717) is 17.2 Å². The van der Waals surface area contributed by atoms with Gasteiger partial charge in [-0.2, -0.15) is 5.10 Å². The fourth-order valence-electron chi connectivity index (χ4n) is 4.82. The average Bonchev–Trinajstić information content (AvgIpc) is 3.69. The lowest BCUT2D eigenvalue weighted by Crippen LogP contribution is -2.37. The molecule has 0 saturated carbocycles. The highest BCUT2D eigenvalue weighted by Crippen LogP contribution is 2.29. The Bertz CT molecular complexity index is 1640. The molecule has 0 radical (unpaired) electrons. The summed E-state index contributed by atoms with van der Waals surface area (Å²) in [6.45, 7) is 6.22. The quantitative estimate of drug-likeness (QED) is 0.323. The molecule has 1 aromatic carbocycles. The Hall–Kier alpha value is -4.00. The molecule has 3 N–H and O–H groups in total. The van der Waals surface area contributed by atoms with Crippen molar-refractivity contribution in [3.05, 3.63) is 77.0 Å². The van der Waals surface area contributed by atoms with Crippen molar-refractivity contribution in [2.45, 2.75) is 24.7 Å². The van der Waals surface area contributed by atoms with Gasteiger partial charge in [0.1, 0.15) is 5.69 Å². The van der Waals surface area contributed by atoms with Gasteiger partial charge in [0, 0.05) is 37.7 Å². The van der Waals surface area contributed by atoms with Crippen LogP contribution >= 0.6 is 0 Å². The van der Waals surface area contributed by atoms with Gasteiger partial charge in [-0.15, -0.1) is 0 Å². The molecule has 0 unspecified atom stereocenters. The number of carbonyl (C=O) groups is 1. The number of benzene rings is 1.